The van der Waals surface area contributed by atoms with Crippen molar-refractivity contribution in [1.82, 2.24) is 34.7 Å². The summed E-state index contributed by atoms with van der Waals surface area (Å²) in [7, 11) is 2.90. The fourth-order valence-electron chi connectivity index (χ4n) is 4.19. The van der Waals surface area contributed by atoms with Gasteiger partial charge in [-0.1, -0.05) is 0 Å². The third-order valence-electron chi connectivity index (χ3n) is 6.22. The predicted octanol–water partition coefficient (Wildman–Crippen LogP) is 3.89. The van der Waals surface area contributed by atoms with Gasteiger partial charge in [0.05, 0.1) is 69.9 Å². The molecular formula is C28H31FN8O4. The normalized spacial score (nSPS) is 12.2. The summed E-state index contributed by atoms with van der Waals surface area (Å²) in [5.74, 6) is 0.892. The highest BCUT2D eigenvalue weighted by atomic mass is 19.1. The van der Waals surface area contributed by atoms with Gasteiger partial charge in [0, 0.05) is 36.3 Å². The SMILES string of the molecule is COc1cc(OC)c(F)c(N(Cc2ncc[nH]2)c2ccc3ncc(-c4cnn(CC(O)COC(C)C)c4)nc3n2)c1. The molecule has 13 heteroatoms. The molecule has 0 fully saturated rings. The molecular weight excluding hydrogens is 531 g/mol. The Morgan fingerprint density at radius 2 is 1.95 bits per heavy atom. The molecule has 4 heterocycles. The summed E-state index contributed by atoms with van der Waals surface area (Å²) in [6.45, 7) is 4.49. The second-order valence-corrected chi connectivity index (χ2v) is 9.54. The van der Waals surface area contributed by atoms with Gasteiger partial charge in [0.2, 0.25) is 0 Å². The summed E-state index contributed by atoms with van der Waals surface area (Å²) >= 11 is 0. The Kier molecular flexibility index (Phi) is 8.36. The molecule has 0 aliphatic rings. The Bertz CT molecular complexity index is 1610. The van der Waals surface area contributed by atoms with Crippen LogP contribution in [0.25, 0.3) is 22.4 Å². The zero-order valence-corrected chi connectivity index (χ0v) is 23.2. The van der Waals surface area contributed by atoms with Gasteiger partial charge in [-0.2, -0.15) is 5.10 Å². The van der Waals surface area contributed by atoms with Crippen LogP contribution in [0.2, 0.25) is 0 Å². The number of anilines is 2. The van der Waals surface area contributed by atoms with Crippen LogP contribution in [0.5, 0.6) is 11.5 Å². The monoisotopic (exact) mass is 562 g/mol. The van der Waals surface area contributed by atoms with Gasteiger partial charge < -0.3 is 29.2 Å². The molecule has 0 saturated carbocycles. The first-order chi connectivity index (χ1) is 19.8. The van der Waals surface area contributed by atoms with Crippen LogP contribution in [0.4, 0.5) is 15.9 Å². The Labute approximate surface area is 235 Å². The fraction of sp³-hybridized carbons (Fsp3) is 0.321. The van der Waals surface area contributed by atoms with Gasteiger partial charge in [-0.05, 0) is 26.0 Å². The predicted molar refractivity (Wildman–Crippen MR) is 150 cm³/mol. The summed E-state index contributed by atoms with van der Waals surface area (Å²) < 4.78 is 33.3. The Morgan fingerprint density at radius 3 is 2.68 bits per heavy atom. The van der Waals surface area contributed by atoms with Crippen molar-refractivity contribution in [1.29, 1.82) is 0 Å². The molecule has 214 valence electrons. The number of aromatic nitrogens is 7. The summed E-state index contributed by atoms with van der Waals surface area (Å²) in [4.78, 5) is 23.0. The lowest BCUT2D eigenvalue weighted by molar-refractivity contribution is -0.00201. The first kappa shape index (κ1) is 27.9. The molecule has 1 unspecified atom stereocenters. The number of fused-ring (bicyclic) bond motifs is 1. The molecule has 0 aliphatic carbocycles. The molecule has 5 aromatic rings. The molecule has 41 heavy (non-hydrogen) atoms. The van der Waals surface area contributed by atoms with Crippen molar-refractivity contribution in [3.63, 3.8) is 0 Å². The number of aliphatic hydroxyl groups excluding tert-OH is 1. The Hall–Kier alpha value is -4.62. The smallest absolute Gasteiger partial charge is 0.188 e. The number of H-pyrrole nitrogens is 1. The number of hydrogen-bond acceptors (Lipinski definition) is 10. The summed E-state index contributed by atoms with van der Waals surface area (Å²) in [6.07, 6.45) is 7.71. The van der Waals surface area contributed by atoms with E-state index in [2.05, 4.69) is 20.1 Å². The Morgan fingerprint density at radius 1 is 1.10 bits per heavy atom. The maximum Gasteiger partial charge on any atom is 0.188 e. The molecule has 0 spiro atoms. The molecule has 2 N–H and O–H groups in total. The van der Waals surface area contributed by atoms with E-state index in [1.54, 1.807) is 58.8 Å². The number of nitrogens with one attached hydrogen (secondary N) is 1. The van der Waals surface area contributed by atoms with Crippen LogP contribution in [0, 0.1) is 5.82 Å². The number of rotatable bonds is 12. The second-order valence-electron chi connectivity index (χ2n) is 9.54. The van der Waals surface area contributed by atoms with Crippen molar-refractivity contribution in [3.05, 3.63) is 66.9 Å². The second kappa shape index (κ2) is 12.3. The van der Waals surface area contributed by atoms with Crippen LogP contribution in [-0.4, -0.2) is 72.8 Å². The van der Waals surface area contributed by atoms with E-state index in [9.17, 15) is 5.11 Å². The zero-order chi connectivity index (χ0) is 28.9. The zero-order valence-electron chi connectivity index (χ0n) is 23.2. The molecule has 12 nitrogen and oxygen atoms in total. The van der Waals surface area contributed by atoms with Crippen LogP contribution in [0.1, 0.15) is 19.7 Å². The van der Waals surface area contributed by atoms with Crippen molar-refractivity contribution in [2.24, 2.45) is 0 Å². The average Bonchev–Trinajstić information content (AvgIpc) is 3.67. The van der Waals surface area contributed by atoms with Gasteiger partial charge in [-0.15, -0.1) is 0 Å². The molecule has 5 rings (SSSR count). The van der Waals surface area contributed by atoms with Gasteiger partial charge in [-0.25, -0.2) is 19.3 Å². The van der Waals surface area contributed by atoms with Crippen LogP contribution >= 0.6 is 0 Å². The van der Waals surface area contributed by atoms with Crippen LogP contribution in [0.15, 0.2) is 55.2 Å². The Balaban J connectivity index is 1.49. The lowest BCUT2D eigenvalue weighted by Crippen LogP contribution is -2.24. The highest BCUT2D eigenvalue weighted by Crippen LogP contribution is 2.37. The molecule has 0 radical (unpaired) electrons. The van der Waals surface area contributed by atoms with E-state index in [1.807, 2.05) is 13.8 Å². The molecule has 0 saturated heterocycles. The summed E-state index contributed by atoms with van der Waals surface area (Å²) in [5.41, 5.74) is 2.37. The fourth-order valence-corrected chi connectivity index (χ4v) is 4.19. The van der Waals surface area contributed by atoms with Crippen molar-refractivity contribution in [3.8, 4) is 22.8 Å². The number of ether oxygens (including phenoxy) is 3. The summed E-state index contributed by atoms with van der Waals surface area (Å²) in [5, 5.41) is 14.6. The van der Waals surface area contributed by atoms with Crippen molar-refractivity contribution in [2.75, 3.05) is 25.7 Å². The third kappa shape index (κ3) is 6.42. The number of methoxy groups -OCH3 is 2. The maximum absolute atomic E-state index is 15.6. The van der Waals surface area contributed by atoms with Gasteiger partial charge in [0.1, 0.15) is 22.9 Å². The molecule has 1 atom stereocenters. The highest BCUT2D eigenvalue weighted by molar-refractivity contribution is 5.77. The van der Waals surface area contributed by atoms with E-state index in [1.165, 1.54) is 20.3 Å². The quantitative estimate of drug-likeness (QED) is 0.230. The largest absolute Gasteiger partial charge is 0.497 e. The number of imidazole rings is 1. The molecule has 4 aromatic heterocycles. The number of pyridine rings is 1. The lowest BCUT2D eigenvalue weighted by Gasteiger charge is -2.25. The van der Waals surface area contributed by atoms with E-state index in [-0.39, 0.29) is 37.2 Å². The first-order valence-corrected chi connectivity index (χ1v) is 13.0. The van der Waals surface area contributed by atoms with Crippen LogP contribution < -0.4 is 14.4 Å². The van der Waals surface area contributed by atoms with E-state index >= 15 is 4.39 Å². The van der Waals surface area contributed by atoms with Gasteiger partial charge in [-0.3, -0.25) is 9.67 Å². The highest BCUT2D eigenvalue weighted by Gasteiger charge is 2.22. The van der Waals surface area contributed by atoms with Crippen LogP contribution in [0.3, 0.4) is 0 Å². The van der Waals surface area contributed by atoms with Crippen molar-refractivity contribution >= 4 is 22.7 Å². The number of benzene rings is 1. The number of aromatic amines is 1. The molecule has 0 aliphatic heterocycles. The number of halogens is 1. The number of nitrogens with zero attached hydrogens (tertiary/aromatic N) is 7. The molecule has 0 amide bonds. The molecule has 0 bridgehead atoms. The van der Waals surface area contributed by atoms with Crippen molar-refractivity contribution in [2.45, 2.75) is 39.1 Å². The molecule has 1 aromatic carbocycles. The van der Waals surface area contributed by atoms with Gasteiger partial charge >= 0.3 is 0 Å². The van der Waals surface area contributed by atoms with Crippen LogP contribution in [-0.2, 0) is 17.8 Å². The first-order valence-electron chi connectivity index (χ1n) is 13.0. The minimum Gasteiger partial charge on any atom is -0.497 e. The van der Waals surface area contributed by atoms with E-state index < -0.39 is 11.9 Å². The van der Waals surface area contributed by atoms with Gasteiger partial charge in [0.15, 0.2) is 17.2 Å². The third-order valence-corrected chi connectivity index (χ3v) is 6.22. The number of hydrogen-bond donors (Lipinski definition) is 2. The van der Waals surface area contributed by atoms with Crippen molar-refractivity contribution < 1.29 is 23.7 Å². The average molecular weight is 563 g/mol. The topological polar surface area (TPSA) is 136 Å². The maximum atomic E-state index is 15.6. The minimum atomic E-state index is -0.701. The number of aliphatic hydroxyl groups is 1. The lowest BCUT2D eigenvalue weighted by atomic mass is 10.2. The van der Waals surface area contributed by atoms with E-state index in [0.29, 0.717) is 39.8 Å². The van der Waals surface area contributed by atoms with Gasteiger partial charge in [0.25, 0.3) is 0 Å². The summed E-state index contributed by atoms with van der Waals surface area (Å²) in [6, 6.07) is 6.56. The minimum absolute atomic E-state index is 0.0283. The van der Waals surface area contributed by atoms with E-state index in [0.717, 1.165) is 0 Å². The van der Waals surface area contributed by atoms with E-state index in [4.69, 9.17) is 24.2 Å². The standard InChI is InChI=1S/C28H31FN8O4/c1-17(2)41-16-19(38)14-36-13-18(11-33-36)22-12-32-21-5-6-26(35-28(21)34-22)37(15-25-30-7-8-31-25)23-9-20(39-3)10-24(40-4)27(23)29/h5-13,17,19,38H,14-16H2,1-4H3,(H,30,31).